The summed E-state index contributed by atoms with van der Waals surface area (Å²) in [5.41, 5.74) is -0.329. The first kappa shape index (κ1) is 15.7. The number of nitrogens with zero attached hydrogens (tertiary/aromatic N) is 2. The van der Waals surface area contributed by atoms with Gasteiger partial charge in [-0.15, -0.1) is 0 Å². The number of hydrogen-bond donors (Lipinski definition) is 0. The van der Waals surface area contributed by atoms with E-state index < -0.39 is 10.9 Å². The smallest absolute Gasteiger partial charge is 0.338 e. The minimum Gasteiger partial charge on any atom is -0.477 e. The predicted octanol–water partition coefficient (Wildman–Crippen LogP) is 1.38. The maximum absolute atomic E-state index is 11.9. The van der Waals surface area contributed by atoms with Crippen LogP contribution in [0.4, 0.5) is 5.69 Å². The van der Waals surface area contributed by atoms with Crippen molar-refractivity contribution in [2.45, 2.75) is 12.8 Å². The van der Waals surface area contributed by atoms with Crippen molar-refractivity contribution in [3.8, 4) is 5.75 Å². The summed E-state index contributed by atoms with van der Waals surface area (Å²) in [6, 6.07) is 3.72. The van der Waals surface area contributed by atoms with Crippen LogP contribution in [-0.4, -0.2) is 48.5 Å². The van der Waals surface area contributed by atoms with E-state index in [0.717, 1.165) is 18.9 Å². The van der Waals surface area contributed by atoms with E-state index in [9.17, 15) is 19.7 Å². The van der Waals surface area contributed by atoms with Gasteiger partial charge in [0.05, 0.1) is 17.6 Å². The number of esters is 1. The van der Waals surface area contributed by atoms with E-state index in [0.29, 0.717) is 13.1 Å². The fourth-order valence-electron chi connectivity index (χ4n) is 2.22. The monoisotopic (exact) mass is 308 g/mol. The van der Waals surface area contributed by atoms with Crippen LogP contribution in [0.1, 0.15) is 23.2 Å². The summed E-state index contributed by atoms with van der Waals surface area (Å²) < 4.78 is 9.77. The maximum Gasteiger partial charge on any atom is 0.338 e. The average molecular weight is 308 g/mol. The molecule has 0 aromatic heterocycles. The lowest BCUT2D eigenvalue weighted by Gasteiger charge is -2.15. The number of carbonyl (C=O) groups excluding carboxylic acids is 2. The second-order valence-electron chi connectivity index (χ2n) is 4.81. The number of nitro groups is 1. The van der Waals surface area contributed by atoms with Crippen LogP contribution in [0.25, 0.3) is 0 Å². The maximum atomic E-state index is 11.9. The Labute approximate surface area is 126 Å². The quantitative estimate of drug-likeness (QED) is 0.463. The van der Waals surface area contributed by atoms with Crippen molar-refractivity contribution in [3.63, 3.8) is 0 Å². The molecule has 2 rings (SSSR count). The van der Waals surface area contributed by atoms with Gasteiger partial charge >= 0.3 is 11.7 Å². The van der Waals surface area contributed by atoms with Crippen molar-refractivity contribution in [1.29, 1.82) is 0 Å². The molecule has 8 nitrogen and oxygen atoms in total. The molecular weight excluding hydrogens is 292 g/mol. The molecule has 1 fully saturated rings. The number of amides is 1. The van der Waals surface area contributed by atoms with Crippen LogP contribution >= 0.6 is 0 Å². The lowest BCUT2D eigenvalue weighted by Crippen LogP contribution is -2.32. The molecule has 0 atom stereocenters. The number of rotatable bonds is 5. The Balaban J connectivity index is 2.10. The van der Waals surface area contributed by atoms with Gasteiger partial charge in [-0.3, -0.25) is 14.9 Å². The summed E-state index contributed by atoms with van der Waals surface area (Å²) in [6.07, 6.45) is 1.92. The summed E-state index contributed by atoms with van der Waals surface area (Å²) in [5.74, 6) is -0.933. The predicted molar refractivity (Wildman–Crippen MR) is 75.7 cm³/mol. The second kappa shape index (κ2) is 6.88. The highest BCUT2D eigenvalue weighted by Gasteiger charge is 2.22. The zero-order chi connectivity index (χ0) is 16.1. The number of likely N-dealkylation sites (tertiary alicyclic amines) is 1. The Bertz CT molecular complexity index is 595. The molecule has 0 unspecified atom stereocenters. The molecule has 0 saturated carbocycles. The first-order valence-electron chi connectivity index (χ1n) is 6.80. The van der Waals surface area contributed by atoms with E-state index in [-0.39, 0.29) is 29.5 Å². The minimum absolute atomic E-state index is 0.0485. The topological polar surface area (TPSA) is 99.0 Å². The third-order valence-corrected chi connectivity index (χ3v) is 3.39. The molecule has 1 aromatic carbocycles. The standard InChI is InChI=1S/C14H16N2O6/c1-21-14(18)10-4-5-12(11(8-10)16(19)20)22-9-13(17)15-6-2-3-7-15/h4-5,8H,2-3,6-7,9H2,1H3. The Morgan fingerprint density at radius 1 is 1.32 bits per heavy atom. The highest BCUT2D eigenvalue weighted by atomic mass is 16.6. The number of methoxy groups -OCH3 is 1. The fraction of sp³-hybridized carbons (Fsp3) is 0.429. The molecule has 1 saturated heterocycles. The van der Waals surface area contributed by atoms with Gasteiger partial charge in [0, 0.05) is 19.2 Å². The van der Waals surface area contributed by atoms with Crippen molar-refractivity contribution in [2.75, 3.05) is 26.8 Å². The molecule has 0 bridgehead atoms. The van der Waals surface area contributed by atoms with Crippen LogP contribution in [0.3, 0.4) is 0 Å². The van der Waals surface area contributed by atoms with Crippen LogP contribution < -0.4 is 4.74 Å². The largest absolute Gasteiger partial charge is 0.477 e. The summed E-state index contributed by atoms with van der Waals surface area (Å²) in [5, 5.41) is 11.1. The number of hydrogen-bond acceptors (Lipinski definition) is 6. The Morgan fingerprint density at radius 3 is 2.59 bits per heavy atom. The number of carbonyl (C=O) groups is 2. The highest BCUT2D eigenvalue weighted by molar-refractivity contribution is 5.90. The van der Waals surface area contributed by atoms with Crippen molar-refractivity contribution in [3.05, 3.63) is 33.9 Å². The van der Waals surface area contributed by atoms with Gasteiger partial charge < -0.3 is 14.4 Å². The van der Waals surface area contributed by atoms with Crippen LogP contribution in [0.15, 0.2) is 18.2 Å². The van der Waals surface area contributed by atoms with Gasteiger partial charge in [-0.2, -0.15) is 0 Å². The zero-order valence-electron chi connectivity index (χ0n) is 12.1. The normalized spacial score (nSPS) is 13.8. The van der Waals surface area contributed by atoms with E-state index in [1.807, 2.05) is 0 Å². The highest BCUT2D eigenvalue weighted by Crippen LogP contribution is 2.28. The van der Waals surface area contributed by atoms with Crippen LogP contribution in [0.2, 0.25) is 0 Å². The average Bonchev–Trinajstić information content (AvgIpc) is 3.06. The first-order chi connectivity index (χ1) is 10.5. The van der Waals surface area contributed by atoms with E-state index in [1.165, 1.54) is 19.2 Å². The Hall–Kier alpha value is -2.64. The summed E-state index contributed by atoms with van der Waals surface area (Å²) in [6.45, 7) is 1.11. The lowest BCUT2D eigenvalue weighted by molar-refractivity contribution is -0.385. The molecule has 22 heavy (non-hydrogen) atoms. The molecule has 1 aliphatic heterocycles. The van der Waals surface area contributed by atoms with Crippen molar-refractivity contribution >= 4 is 17.6 Å². The van der Waals surface area contributed by atoms with E-state index >= 15 is 0 Å². The van der Waals surface area contributed by atoms with Gasteiger partial charge in [-0.05, 0) is 25.0 Å². The molecule has 0 N–H and O–H groups in total. The van der Waals surface area contributed by atoms with Gasteiger partial charge in [-0.1, -0.05) is 0 Å². The van der Waals surface area contributed by atoms with Gasteiger partial charge in [0.15, 0.2) is 12.4 Å². The van der Waals surface area contributed by atoms with Crippen molar-refractivity contribution < 1.29 is 24.0 Å². The van der Waals surface area contributed by atoms with E-state index in [2.05, 4.69) is 4.74 Å². The molecule has 1 amide bonds. The van der Waals surface area contributed by atoms with E-state index in [4.69, 9.17) is 4.74 Å². The van der Waals surface area contributed by atoms with Gasteiger partial charge in [-0.25, -0.2) is 4.79 Å². The van der Waals surface area contributed by atoms with Gasteiger partial charge in [0.1, 0.15) is 0 Å². The second-order valence-corrected chi connectivity index (χ2v) is 4.81. The molecule has 1 heterocycles. The molecule has 0 aliphatic carbocycles. The minimum atomic E-state index is -0.678. The van der Waals surface area contributed by atoms with Crippen LogP contribution in [-0.2, 0) is 9.53 Å². The fourth-order valence-corrected chi connectivity index (χ4v) is 2.22. The van der Waals surface area contributed by atoms with Crippen LogP contribution in [0.5, 0.6) is 5.75 Å². The first-order valence-corrected chi connectivity index (χ1v) is 6.80. The number of benzene rings is 1. The SMILES string of the molecule is COC(=O)c1ccc(OCC(=O)N2CCCC2)c([N+](=O)[O-])c1. The van der Waals surface area contributed by atoms with Crippen molar-refractivity contribution in [1.82, 2.24) is 4.90 Å². The number of nitro benzene ring substituents is 1. The van der Waals surface area contributed by atoms with Crippen LogP contribution in [0, 0.1) is 10.1 Å². The zero-order valence-corrected chi connectivity index (χ0v) is 12.1. The molecule has 0 spiro atoms. The molecule has 0 radical (unpaired) electrons. The molecule has 118 valence electrons. The summed E-state index contributed by atoms with van der Waals surface area (Å²) in [7, 11) is 1.19. The summed E-state index contributed by atoms with van der Waals surface area (Å²) >= 11 is 0. The third-order valence-electron chi connectivity index (χ3n) is 3.39. The van der Waals surface area contributed by atoms with Gasteiger partial charge in [0.2, 0.25) is 0 Å². The molecule has 8 heteroatoms. The number of ether oxygens (including phenoxy) is 2. The molecule has 1 aliphatic rings. The third kappa shape index (κ3) is 3.51. The summed E-state index contributed by atoms with van der Waals surface area (Å²) in [4.78, 5) is 35.3. The Morgan fingerprint density at radius 2 is 2.00 bits per heavy atom. The van der Waals surface area contributed by atoms with E-state index in [1.54, 1.807) is 4.90 Å². The Kier molecular flexibility index (Phi) is 4.92. The molecule has 1 aromatic rings. The lowest BCUT2D eigenvalue weighted by atomic mass is 10.2. The van der Waals surface area contributed by atoms with Gasteiger partial charge in [0.25, 0.3) is 5.91 Å². The molecular formula is C14H16N2O6. The van der Waals surface area contributed by atoms with Crippen molar-refractivity contribution in [2.24, 2.45) is 0 Å².